The van der Waals surface area contributed by atoms with E-state index in [1.54, 1.807) is 6.92 Å². The highest BCUT2D eigenvalue weighted by Crippen LogP contribution is 2.26. The molecule has 0 aliphatic carbocycles. The number of rotatable bonds is 5. The van der Waals surface area contributed by atoms with Crippen LogP contribution in [0.2, 0.25) is 0 Å². The van der Waals surface area contributed by atoms with Gasteiger partial charge in [-0.05, 0) is 26.0 Å². The van der Waals surface area contributed by atoms with Gasteiger partial charge in [-0.3, -0.25) is 4.72 Å². The summed E-state index contributed by atoms with van der Waals surface area (Å²) in [5.41, 5.74) is 0.255. The van der Waals surface area contributed by atoms with Crippen LogP contribution in [-0.4, -0.2) is 20.8 Å². The summed E-state index contributed by atoms with van der Waals surface area (Å²) in [6, 6.07) is 3.67. The predicted molar refractivity (Wildman–Crippen MR) is 60.7 cm³/mol. The van der Waals surface area contributed by atoms with Crippen molar-refractivity contribution in [1.29, 1.82) is 0 Å². The Bertz CT molecular complexity index is 459. The molecule has 0 aliphatic heterocycles. The van der Waals surface area contributed by atoms with Crippen molar-refractivity contribution in [2.75, 3.05) is 17.1 Å². The van der Waals surface area contributed by atoms with Crippen LogP contribution in [0.4, 0.5) is 10.1 Å². The molecule has 0 aromatic heterocycles. The number of halogens is 1. The number of sulfonamides is 1. The lowest BCUT2D eigenvalue weighted by Gasteiger charge is -2.11. The van der Waals surface area contributed by atoms with E-state index in [1.807, 2.05) is 0 Å². The highest BCUT2D eigenvalue weighted by atomic mass is 32.2. The zero-order valence-corrected chi connectivity index (χ0v) is 9.97. The molecule has 6 heteroatoms. The molecular formula is C10H14FNO3S. The molecule has 0 heterocycles. The largest absolute Gasteiger partial charge is 0.492 e. The van der Waals surface area contributed by atoms with Gasteiger partial charge in [-0.15, -0.1) is 0 Å². The van der Waals surface area contributed by atoms with Gasteiger partial charge in [0.2, 0.25) is 10.0 Å². The molecule has 0 fully saturated rings. The van der Waals surface area contributed by atoms with Crippen molar-refractivity contribution in [1.82, 2.24) is 0 Å². The van der Waals surface area contributed by atoms with Crippen LogP contribution in [0.1, 0.15) is 13.8 Å². The topological polar surface area (TPSA) is 55.4 Å². The molecule has 4 nitrogen and oxygen atoms in total. The van der Waals surface area contributed by atoms with Gasteiger partial charge in [-0.1, -0.05) is 0 Å². The second-order valence-corrected chi connectivity index (χ2v) is 5.09. The second kappa shape index (κ2) is 5.16. The fourth-order valence-electron chi connectivity index (χ4n) is 1.10. The highest BCUT2D eigenvalue weighted by Gasteiger charge is 2.11. The molecule has 0 saturated carbocycles. The molecule has 16 heavy (non-hydrogen) atoms. The monoisotopic (exact) mass is 247 g/mol. The van der Waals surface area contributed by atoms with Gasteiger partial charge in [0.1, 0.15) is 11.6 Å². The van der Waals surface area contributed by atoms with E-state index in [2.05, 4.69) is 4.72 Å². The first-order valence-corrected chi connectivity index (χ1v) is 6.56. The number of benzene rings is 1. The van der Waals surface area contributed by atoms with Crippen LogP contribution in [0.5, 0.6) is 5.75 Å². The van der Waals surface area contributed by atoms with E-state index in [9.17, 15) is 12.8 Å². The number of ether oxygens (including phenoxy) is 1. The minimum atomic E-state index is -3.38. The van der Waals surface area contributed by atoms with E-state index in [-0.39, 0.29) is 17.2 Å². The second-order valence-electron chi connectivity index (χ2n) is 3.08. The maximum Gasteiger partial charge on any atom is 0.232 e. The van der Waals surface area contributed by atoms with Crippen molar-refractivity contribution in [3.8, 4) is 5.75 Å². The Kier molecular flexibility index (Phi) is 4.12. The number of hydrogen-bond acceptors (Lipinski definition) is 3. The number of hydrogen-bond donors (Lipinski definition) is 1. The molecule has 0 bridgehead atoms. The van der Waals surface area contributed by atoms with Gasteiger partial charge in [0.15, 0.2) is 0 Å². The van der Waals surface area contributed by atoms with Crippen LogP contribution in [0, 0.1) is 5.82 Å². The first-order chi connectivity index (χ1) is 7.48. The van der Waals surface area contributed by atoms with Crippen LogP contribution in [0.25, 0.3) is 0 Å². The molecule has 0 unspecified atom stereocenters. The number of nitrogens with one attached hydrogen (secondary N) is 1. The Balaban J connectivity index is 3.03. The lowest BCUT2D eigenvalue weighted by Crippen LogP contribution is -2.15. The van der Waals surface area contributed by atoms with E-state index < -0.39 is 15.8 Å². The summed E-state index contributed by atoms with van der Waals surface area (Å²) in [6.07, 6.45) is 0. The average molecular weight is 247 g/mol. The van der Waals surface area contributed by atoms with Crippen molar-refractivity contribution >= 4 is 15.7 Å². The summed E-state index contributed by atoms with van der Waals surface area (Å²) < 4.78 is 43.1. The first kappa shape index (κ1) is 12.8. The van der Waals surface area contributed by atoms with Crippen molar-refractivity contribution in [2.45, 2.75) is 13.8 Å². The highest BCUT2D eigenvalue weighted by molar-refractivity contribution is 7.92. The van der Waals surface area contributed by atoms with E-state index in [0.717, 1.165) is 6.07 Å². The summed E-state index contributed by atoms with van der Waals surface area (Å²) in [7, 11) is -3.38. The molecule has 1 aromatic carbocycles. The molecule has 0 atom stereocenters. The van der Waals surface area contributed by atoms with Gasteiger partial charge in [0, 0.05) is 6.07 Å². The summed E-state index contributed by atoms with van der Waals surface area (Å²) >= 11 is 0. The van der Waals surface area contributed by atoms with Crippen LogP contribution >= 0.6 is 0 Å². The summed E-state index contributed by atoms with van der Waals surface area (Å²) in [6.45, 7) is 3.60. The van der Waals surface area contributed by atoms with Gasteiger partial charge < -0.3 is 4.74 Å². The van der Waals surface area contributed by atoms with Crippen molar-refractivity contribution in [3.05, 3.63) is 24.0 Å². The minimum absolute atomic E-state index is 0.0457. The molecule has 0 radical (unpaired) electrons. The normalized spacial score (nSPS) is 11.2. The Labute approximate surface area is 94.5 Å². The summed E-state index contributed by atoms with van der Waals surface area (Å²) in [5, 5.41) is 0. The van der Waals surface area contributed by atoms with E-state index in [0.29, 0.717) is 6.61 Å². The van der Waals surface area contributed by atoms with Gasteiger partial charge in [0.05, 0.1) is 18.0 Å². The smallest absolute Gasteiger partial charge is 0.232 e. The van der Waals surface area contributed by atoms with Crippen LogP contribution in [-0.2, 0) is 10.0 Å². The Hall–Kier alpha value is -1.30. The average Bonchev–Trinajstić information content (AvgIpc) is 2.22. The van der Waals surface area contributed by atoms with Crippen LogP contribution in [0.15, 0.2) is 18.2 Å². The van der Waals surface area contributed by atoms with Gasteiger partial charge >= 0.3 is 0 Å². The van der Waals surface area contributed by atoms with E-state index in [1.165, 1.54) is 19.1 Å². The molecule has 90 valence electrons. The number of anilines is 1. The minimum Gasteiger partial charge on any atom is -0.492 e. The van der Waals surface area contributed by atoms with Crippen LogP contribution < -0.4 is 9.46 Å². The molecule has 0 amide bonds. The Morgan fingerprint density at radius 1 is 1.38 bits per heavy atom. The Morgan fingerprint density at radius 3 is 2.62 bits per heavy atom. The van der Waals surface area contributed by atoms with Crippen molar-refractivity contribution < 1.29 is 17.5 Å². The standard InChI is InChI=1S/C10H14FNO3S/c1-3-15-10-7-8(11)5-6-9(10)12-16(13,14)4-2/h5-7,12H,3-4H2,1-2H3. The van der Waals surface area contributed by atoms with Crippen molar-refractivity contribution in [3.63, 3.8) is 0 Å². The maximum absolute atomic E-state index is 12.9. The fraction of sp³-hybridized carbons (Fsp3) is 0.400. The molecular weight excluding hydrogens is 233 g/mol. The molecule has 1 aromatic rings. The molecule has 0 spiro atoms. The fourth-order valence-corrected chi connectivity index (χ4v) is 1.74. The third kappa shape index (κ3) is 3.37. The zero-order chi connectivity index (χ0) is 12.2. The maximum atomic E-state index is 12.9. The Morgan fingerprint density at radius 2 is 2.06 bits per heavy atom. The zero-order valence-electron chi connectivity index (χ0n) is 9.16. The molecule has 0 aliphatic rings. The predicted octanol–water partition coefficient (Wildman–Crippen LogP) is 1.99. The molecule has 1 N–H and O–H groups in total. The van der Waals surface area contributed by atoms with E-state index >= 15 is 0 Å². The third-order valence-electron chi connectivity index (χ3n) is 1.89. The van der Waals surface area contributed by atoms with Crippen LogP contribution in [0.3, 0.4) is 0 Å². The summed E-state index contributed by atoms with van der Waals surface area (Å²) in [5.74, 6) is -0.321. The SMILES string of the molecule is CCOc1cc(F)ccc1NS(=O)(=O)CC. The lowest BCUT2D eigenvalue weighted by atomic mass is 10.3. The third-order valence-corrected chi connectivity index (χ3v) is 3.18. The first-order valence-electron chi connectivity index (χ1n) is 4.91. The quantitative estimate of drug-likeness (QED) is 0.865. The summed E-state index contributed by atoms with van der Waals surface area (Å²) in [4.78, 5) is 0. The van der Waals surface area contributed by atoms with Crippen molar-refractivity contribution in [2.24, 2.45) is 0 Å². The molecule has 0 saturated heterocycles. The van der Waals surface area contributed by atoms with Gasteiger partial charge in [-0.25, -0.2) is 12.8 Å². The lowest BCUT2D eigenvalue weighted by molar-refractivity contribution is 0.340. The van der Waals surface area contributed by atoms with Gasteiger partial charge in [-0.2, -0.15) is 0 Å². The van der Waals surface area contributed by atoms with E-state index in [4.69, 9.17) is 4.74 Å². The molecule has 1 rings (SSSR count). The van der Waals surface area contributed by atoms with Gasteiger partial charge in [0.25, 0.3) is 0 Å².